The summed E-state index contributed by atoms with van der Waals surface area (Å²) in [7, 11) is 1.69. The van der Waals surface area contributed by atoms with Crippen LogP contribution in [-0.2, 0) is 11.3 Å². The molecule has 0 saturated heterocycles. The van der Waals surface area contributed by atoms with Crippen molar-refractivity contribution in [3.63, 3.8) is 0 Å². The van der Waals surface area contributed by atoms with Gasteiger partial charge in [-0.1, -0.05) is 17.3 Å². The van der Waals surface area contributed by atoms with E-state index < -0.39 is 0 Å². The zero-order valence-electron chi connectivity index (χ0n) is 11.2. The van der Waals surface area contributed by atoms with Crippen molar-refractivity contribution in [3.8, 4) is 5.69 Å². The van der Waals surface area contributed by atoms with Crippen molar-refractivity contribution in [3.05, 3.63) is 36.2 Å². The molecule has 2 aromatic rings. The van der Waals surface area contributed by atoms with E-state index in [-0.39, 0.29) is 0 Å². The SMILES string of the molecule is COCCNCc1cn(-c2ccccc2SC)nn1. The van der Waals surface area contributed by atoms with E-state index in [0.717, 1.165) is 17.9 Å². The number of aromatic nitrogens is 3. The predicted octanol–water partition coefficient (Wildman–Crippen LogP) is 1.73. The lowest BCUT2D eigenvalue weighted by molar-refractivity contribution is 0.199. The van der Waals surface area contributed by atoms with Crippen LogP contribution >= 0.6 is 11.8 Å². The summed E-state index contributed by atoms with van der Waals surface area (Å²) in [6.45, 7) is 2.21. The quantitative estimate of drug-likeness (QED) is 0.617. The van der Waals surface area contributed by atoms with Gasteiger partial charge in [0.25, 0.3) is 0 Å². The highest BCUT2D eigenvalue weighted by Gasteiger charge is 2.06. The van der Waals surface area contributed by atoms with Gasteiger partial charge in [-0.2, -0.15) is 0 Å². The van der Waals surface area contributed by atoms with Crippen LogP contribution in [0, 0.1) is 0 Å². The number of hydrogen-bond donors (Lipinski definition) is 1. The van der Waals surface area contributed by atoms with Crippen LogP contribution in [0.4, 0.5) is 0 Å². The average molecular weight is 278 g/mol. The Labute approximate surface area is 117 Å². The van der Waals surface area contributed by atoms with E-state index in [0.29, 0.717) is 13.2 Å². The molecule has 102 valence electrons. The van der Waals surface area contributed by atoms with Crippen LogP contribution in [0.3, 0.4) is 0 Å². The lowest BCUT2D eigenvalue weighted by Crippen LogP contribution is -2.18. The first-order valence-corrected chi connectivity index (χ1v) is 7.32. The fourth-order valence-corrected chi connectivity index (χ4v) is 2.29. The number of ether oxygens (including phenoxy) is 1. The first-order valence-electron chi connectivity index (χ1n) is 6.09. The zero-order chi connectivity index (χ0) is 13.5. The van der Waals surface area contributed by atoms with Gasteiger partial charge in [0.1, 0.15) is 0 Å². The van der Waals surface area contributed by atoms with Crippen LogP contribution in [-0.4, -0.2) is 41.5 Å². The second kappa shape index (κ2) is 7.28. The van der Waals surface area contributed by atoms with Crippen molar-refractivity contribution >= 4 is 11.8 Å². The minimum Gasteiger partial charge on any atom is -0.383 e. The molecule has 0 bridgehead atoms. The molecule has 0 fully saturated rings. The van der Waals surface area contributed by atoms with E-state index in [1.165, 1.54) is 4.90 Å². The lowest BCUT2D eigenvalue weighted by Gasteiger charge is -2.05. The number of para-hydroxylation sites is 1. The van der Waals surface area contributed by atoms with Crippen LogP contribution in [0.2, 0.25) is 0 Å². The van der Waals surface area contributed by atoms with Crippen LogP contribution < -0.4 is 5.32 Å². The zero-order valence-corrected chi connectivity index (χ0v) is 12.0. The molecule has 19 heavy (non-hydrogen) atoms. The van der Waals surface area contributed by atoms with Gasteiger partial charge < -0.3 is 10.1 Å². The number of nitrogens with zero attached hydrogens (tertiary/aromatic N) is 3. The van der Waals surface area contributed by atoms with Crippen LogP contribution in [0.25, 0.3) is 5.69 Å². The third-order valence-electron chi connectivity index (χ3n) is 2.66. The Hall–Kier alpha value is -1.37. The Morgan fingerprint density at radius 3 is 3.00 bits per heavy atom. The molecule has 0 unspecified atom stereocenters. The molecule has 0 aliphatic heterocycles. The molecule has 0 aliphatic rings. The molecule has 2 rings (SSSR count). The standard InChI is InChI=1S/C13H18N4OS/c1-18-8-7-14-9-11-10-17(16-15-11)12-5-3-4-6-13(12)19-2/h3-6,10,14H,7-9H2,1-2H3. The van der Waals surface area contributed by atoms with Crippen LogP contribution in [0.15, 0.2) is 35.4 Å². The summed E-state index contributed by atoms with van der Waals surface area (Å²) in [6, 6.07) is 8.16. The topological polar surface area (TPSA) is 52.0 Å². The Bertz CT molecular complexity index is 515. The second-order valence-corrected chi connectivity index (χ2v) is 4.84. The molecule has 1 aromatic heterocycles. The number of nitrogens with one attached hydrogen (secondary N) is 1. The van der Waals surface area contributed by atoms with Gasteiger partial charge in [0, 0.05) is 25.1 Å². The van der Waals surface area contributed by atoms with E-state index in [1.54, 1.807) is 18.9 Å². The third kappa shape index (κ3) is 3.79. The maximum absolute atomic E-state index is 4.98. The van der Waals surface area contributed by atoms with E-state index in [1.807, 2.05) is 29.1 Å². The van der Waals surface area contributed by atoms with Crippen molar-refractivity contribution in [2.24, 2.45) is 0 Å². The fraction of sp³-hybridized carbons (Fsp3) is 0.385. The number of rotatable bonds is 7. The van der Waals surface area contributed by atoms with Crippen LogP contribution in [0.1, 0.15) is 5.69 Å². The molecular weight excluding hydrogens is 260 g/mol. The van der Waals surface area contributed by atoms with Gasteiger partial charge in [-0.3, -0.25) is 0 Å². The van der Waals surface area contributed by atoms with Gasteiger partial charge in [-0.15, -0.1) is 16.9 Å². The molecule has 0 amide bonds. The summed E-state index contributed by atoms with van der Waals surface area (Å²) in [5, 5.41) is 11.6. The fourth-order valence-electron chi connectivity index (χ4n) is 1.71. The number of thioether (sulfide) groups is 1. The highest BCUT2D eigenvalue weighted by atomic mass is 32.2. The molecular formula is C13H18N4OS. The van der Waals surface area contributed by atoms with Gasteiger partial charge in [0.05, 0.1) is 24.2 Å². The maximum atomic E-state index is 4.98. The summed E-state index contributed by atoms with van der Waals surface area (Å²) in [5.41, 5.74) is 1.98. The van der Waals surface area contributed by atoms with Crippen molar-refractivity contribution in [2.75, 3.05) is 26.5 Å². The monoisotopic (exact) mass is 278 g/mol. The third-order valence-corrected chi connectivity index (χ3v) is 3.45. The van der Waals surface area contributed by atoms with Crippen molar-refractivity contribution < 1.29 is 4.74 Å². The van der Waals surface area contributed by atoms with Crippen molar-refractivity contribution in [1.29, 1.82) is 0 Å². The largest absolute Gasteiger partial charge is 0.383 e. The first-order chi connectivity index (χ1) is 9.35. The molecule has 6 heteroatoms. The molecule has 1 aromatic carbocycles. The number of methoxy groups -OCH3 is 1. The average Bonchev–Trinajstić information content (AvgIpc) is 2.92. The molecule has 0 spiro atoms. The summed E-state index contributed by atoms with van der Waals surface area (Å²) in [6.07, 6.45) is 4.01. The van der Waals surface area contributed by atoms with Crippen molar-refractivity contribution in [2.45, 2.75) is 11.4 Å². The molecule has 1 heterocycles. The smallest absolute Gasteiger partial charge is 0.0969 e. The molecule has 0 aliphatic carbocycles. The normalized spacial score (nSPS) is 10.8. The minimum atomic E-state index is 0.698. The Kier molecular flexibility index (Phi) is 5.38. The summed E-state index contributed by atoms with van der Waals surface area (Å²) in [5.74, 6) is 0. The summed E-state index contributed by atoms with van der Waals surface area (Å²) in [4.78, 5) is 1.19. The van der Waals surface area contributed by atoms with E-state index in [9.17, 15) is 0 Å². The number of hydrogen-bond acceptors (Lipinski definition) is 5. The Morgan fingerprint density at radius 1 is 1.37 bits per heavy atom. The minimum absolute atomic E-state index is 0.698. The van der Waals surface area contributed by atoms with Gasteiger partial charge in [-0.05, 0) is 18.4 Å². The van der Waals surface area contributed by atoms with Gasteiger partial charge in [-0.25, -0.2) is 4.68 Å². The van der Waals surface area contributed by atoms with Gasteiger partial charge >= 0.3 is 0 Å². The predicted molar refractivity (Wildman–Crippen MR) is 76.7 cm³/mol. The van der Waals surface area contributed by atoms with E-state index in [2.05, 4.69) is 28.0 Å². The summed E-state index contributed by atoms with van der Waals surface area (Å²) < 4.78 is 6.80. The van der Waals surface area contributed by atoms with Gasteiger partial charge in [0.15, 0.2) is 0 Å². The molecule has 5 nitrogen and oxygen atoms in total. The maximum Gasteiger partial charge on any atom is 0.0969 e. The van der Waals surface area contributed by atoms with Gasteiger partial charge in [0.2, 0.25) is 0 Å². The lowest BCUT2D eigenvalue weighted by atomic mass is 10.3. The number of benzene rings is 1. The second-order valence-electron chi connectivity index (χ2n) is 4.00. The highest BCUT2D eigenvalue weighted by molar-refractivity contribution is 7.98. The van der Waals surface area contributed by atoms with Crippen molar-refractivity contribution in [1.82, 2.24) is 20.3 Å². The molecule has 0 radical (unpaired) electrons. The highest BCUT2D eigenvalue weighted by Crippen LogP contribution is 2.22. The Balaban J connectivity index is 2.04. The van der Waals surface area contributed by atoms with E-state index >= 15 is 0 Å². The molecule has 0 atom stereocenters. The van der Waals surface area contributed by atoms with Crippen LogP contribution in [0.5, 0.6) is 0 Å². The van der Waals surface area contributed by atoms with E-state index in [4.69, 9.17) is 4.74 Å². The first kappa shape index (κ1) is 14.0. The molecule has 0 saturated carbocycles. The molecule has 1 N–H and O–H groups in total. The summed E-state index contributed by atoms with van der Waals surface area (Å²) >= 11 is 1.70. The Morgan fingerprint density at radius 2 is 2.21 bits per heavy atom.